The van der Waals surface area contributed by atoms with Gasteiger partial charge in [0.15, 0.2) is 0 Å². The molecule has 0 heterocycles. The summed E-state index contributed by atoms with van der Waals surface area (Å²) in [4.78, 5) is 1.03. The van der Waals surface area contributed by atoms with Crippen molar-refractivity contribution in [3.63, 3.8) is 0 Å². The lowest BCUT2D eigenvalue weighted by molar-refractivity contribution is 1.23. The van der Waals surface area contributed by atoms with Gasteiger partial charge in [0, 0.05) is 27.2 Å². The van der Waals surface area contributed by atoms with Gasteiger partial charge in [-0.3, -0.25) is 0 Å². The van der Waals surface area contributed by atoms with E-state index in [1.54, 1.807) is 11.8 Å². The van der Waals surface area contributed by atoms with Gasteiger partial charge in [-0.05, 0) is 18.2 Å². The third kappa shape index (κ3) is 3.29. The van der Waals surface area contributed by atoms with Gasteiger partial charge in [0.2, 0.25) is 0 Å². The summed E-state index contributed by atoms with van der Waals surface area (Å²) in [6.07, 6.45) is 0.552. The molecule has 1 aromatic rings. The van der Waals surface area contributed by atoms with Crippen LogP contribution in [-0.2, 0) is 0 Å². The molecule has 4 heteroatoms. The Morgan fingerprint density at radius 1 is 1.54 bits per heavy atom. The van der Waals surface area contributed by atoms with E-state index >= 15 is 0 Å². The highest BCUT2D eigenvalue weighted by molar-refractivity contribution is 9.10. The third-order valence-corrected chi connectivity index (χ3v) is 3.01. The minimum Gasteiger partial charge on any atom is -0.398 e. The smallest absolute Gasteiger partial charge is 0.0630 e. The maximum Gasteiger partial charge on any atom is 0.0630 e. The molecule has 0 fully saturated rings. The Morgan fingerprint density at radius 2 is 2.31 bits per heavy atom. The van der Waals surface area contributed by atoms with Crippen molar-refractivity contribution in [1.29, 1.82) is 5.26 Å². The van der Waals surface area contributed by atoms with E-state index in [0.29, 0.717) is 6.42 Å². The number of halogens is 1. The van der Waals surface area contributed by atoms with Gasteiger partial charge in [-0.2, -0.15) is 5.26 Å². The van der Waals surface area contributed by atoms with Crippen LogP contribution in [0.5, 0.6) is 0 Å². The molecule has 0 aliphatic rings. The Morgan fingerprint density at radius 3 is 3.00 bits per heavy atom. The van der Waals surface area contributed by atoms with Crippen molar-refractivity contribution in [1.82, 2.24) is 0 Å². The Balaban J connectivity index is 2.65. The number of thioether (sulfide) groups is 1. The molecule has 0 saturated heterocycles. The minimum atomic E-state index is 0.552. The van der Waals surface area contributed by atoms with Crippen LogP contribution in [0, 0.1) is 11.3 Å². The molecule has 68 valence electrons. The van der Waals surface area contributed by atoms with Gasteiger partial charge in [0.05, 0.1) is 6.07 Å². The van der Waals surface area contributed by atoms with Crippen molar-refractivity contribution in [3.8, 4) is 6.07 Å². The summed E-state index contributed by atoms with van der Waals surface area (Å²) in [6, 6.07) is 7.83. The number of nitrogens with zero attached hydrogens (tertiary/aromatic N) is 1. The predicted molar refractivity (Wildman–Crippen MR) is 59.5 cm³/mol. The van der Waals surface area contributed by atoms with Gasteiger partial charge in [0.25, 0.3) is 0 Å². The highest BCUT2D eigenvalue weighted by Gasteiger charge is 1.99. The number of nitrogen functional groups attached to an aromatic ring is 1. The van der Waals surface area contributed by atoms with Crippen molar-refractivity contribution in [2.24, 2.45) is 0 Å². The second-order valence-electron chi connectivity index (χ2n) is 2.44. The summed E-state index contributed by atoms with van der Waals surface area (Å²) in [5, 5.41) is 8.36. The van der Waals surface area contributed by atoms with E-state index in [9.17, 15) is 0 Å². The van der Waals surface area contributed by atoms with E-state index < -0.39 is 0 Å². The van der Waals surface area contributed by atoms with Crippen LogP contribution in [0.4, 0.5) is 5.69 Å². The number of rotatable bonds is 3. The standard InChI is InChI=1S/C9H9BrN2S/c10-7-2-3-8(12)9(6-7)13-5-1-4-11/h2-3,6H,1,5,12H2. The number of hydrogen-bond acceptors (Lipinski definition) is 3. The van der Waals surface area contributed by atoms with E-state index in [2.05, 4.69) is 22.0 Å². The van der Waals surface area contributed by atoms with Gasteiger partial charge in [-0.1, -0.05) is 15.9 Å². The van der Waals surface area contributed by atoms with E-state index in [1.165, 1.54) is 0 Å². The van der Waals surface area contributed by atoms with Crippen LogP contribution in [0.3, 0.4) is 0 Å². The van der Waals surface area contributed by atoms with E-state index in [-0.39, 0.29) is 0 Å². The van der Waals surface area contributed by atoms with Gasteiger partial charge in [-0.15, -0.1) is 11.8 Å². The van der Waals surface area contributed by atoms with Crippen LogP contribution in [0.25, 0.3) is 0 Å². The molecule has 0 atom stereocenters. The fourth-order valence-corrected chi connectivity index (χ4v) is 2.21. The largest absolute Gasteiger partial charge is 0.398 e. The van der Waals surface area contributed by atoms with E-state index in [1.807, 2.05) is 18.2 Å². The SMILES string of the molecule is N#CCCSc1cc(Br)ccc1N. The summed E-state index contributed by atoms with van der Waals surface area (Å²) in [7, 11) is 0. The fraction of sp³-hybridized carbons (Fsp3) is 0.222. The molecular formula is C9H9BrN2S. The first-order chi connectivity index (χ1) is 6.24. The number of benzene rings is 1. The number of hydrogen-bond donors (Lipinski definition) is 1. The third-order valence-electron chi connectivity index (χ3n) is 1.45. The van der Waals surface area contributed by atoms with Crippen molar-refractivity contribution in [3.05, 3.63) is 22.7 Å². The quantitative estimate of drug-likeness (QED) is 0.514. The number of nitriles is 1. The Hall–Kier alpha value is -0.660. The maximum atomic E-state index is 8.36. The average molecular weight is 257 g/mol. The molecule has 0 spiro atoms. The van der Waals surface area contributed by atoms with Crippen LogP contribution in [-0.4, -0.2) is 5.75 Å². The summed E-state index contributed by atoms with van der Waals surface area (Å²) in [6.45, 7) is 0. The molecule has 0 unspecified atom stereocenters. The molecule has 0 aliphatic carbocycles. The Bertz CT molecular complexity index is 333. The maximum absolute atomic E-state index is 8.36. The topological polar surface area (TPSA) is 49.8 Å². The lowest BCUT2D eigenvalue weighted by atomic mass is 10.3. The van der Waals surface area contributed by atoms with Gasteiger partial charge < -0.3 is 5.73 Å². The molecule has 0 saturated carbocycles. The molecule has 0 amide bonds. The summed E-state index contributed by atoms with van der Waals surface area (Å²) in [5.74, 6) is 0.789. The van der Waals surface area contributed by atoms with Crippen LogP contribution in [0.1, 0.15) is 6.42 Å². The molecule has 1 aromatic carbocycles. The fourth-order valence-electron chi connectivity index (χ4n) is 0.840. The second kappa shape index (κ2) is 5.15. The molecule has 13 heavy (non-hydrogen) atoms. The number of nitrogens with two attached hydrogens (primary N) is 1. The first kappa shape index (κ1) is 10.4. The zero-order valence-corrected chi connectivity index (χ0v) is 9.36. The van der Waals surface area contributed by atoms with Gasteiger partial charge in [0.1, 0.15) is 0 Å². The normalized spacial score (nSPS) is 9.54. The lowest BCUT2D eigenvalue weighted by Gasteiger charge is -2.03. The predicted octanol–water partition coefficient (Wildman–Crippen LogP) is 3.04. The zero-order valence-electron chi connectivity index (χ0n) is 6.96. The minimum absolute atomic E-state index is 0.552. The first-order valence-corrected chi connectivity index (χ1v) is 5.56. The molecule has 0 aliphatic heterocycles. The van der Waals surface area contributed by atoms with Crippen LogP contribution in [0.15, 0.2) is 27.6 Å². The summed E-state index contributed by atoms with van der Waals surface area (Å²) < 4.78 is 1.01. The summed E-state index contributed by atoms with van der Waals surface area (Å²) in [5.41, 5.74) is 6.52. The van der Waals surface area contributed by atoms with Crippen LogP contribution < -0.4 is 5.73 Å². The second-order valence-corrected chi connectivity index (χ2v) is 4.49. The van der Waals surface area contributed by atoms with Crippen LogP contribution >= 0.6 is 27.7 Å². The molecule has 2 nitrogen and oxygen atoms in total. The zero-order chi connectivity index (χ0) is 9.68. The van der Waals surface area contributed by atoms with Gasteiger partial charge in [-0.25, -0.2) is 0 Å². The molecular weight excluding hydrogens is 248 g/mol. The van der Waals surface area contributed by atoms with Crippen molar-refractivity contribution in [2.75, 3.05) is 11.5 Å². The van der Waals surface area contributed by atoms with Crippen molar-refractivity contribution in [2.45, 2.75) is 11.3 Å². The average Bonchev–Trinajstić information content (AvgIpc) is 2.11. The van der Waals surface area contributed by atoms with E-state index in [0.717, 1.165) is 20.8 Å². The lowest BCUT2D eigenvalue weighted by Crippen LogP contribution is -1.88. The first-order valence-electron chi connectivity index (χ1n) is 3.79. The van der Waals surface area contributed by atoms with Crippen molar-refractivity contribution < 1.29 is 0 Å². The highest BCUT2D eigenvalue weighted by atomic mass is 79.9. The molecule has 0 aromatic heterocycles. The monoisotopic (exact) mass is 256 g/mol. The molecule has 2 N–H and O–H groups in total. The summed E-state index contributed by atoms with van der Waals surface area (Å²) >= 11 is 4.98. The molecule has 1 rings (SSSR count). The molecule has 0 radical (unpaired) electrons. The van der Waals surface area contributed by atoms with Gasteiger partial charge >= 0.3 is 0 Å². The Kier molecular flexibility index (Phi) is 4.13. The van der Waals surface area contributed by atoms with Crippen molar-refractivity contribution >= 4 is 33.4 Å². The Labute approximate surface area is 90.2 Å². The number of anilines is 1. The van der Waals surface area contributed by atoms with E-state index in [4.69, 9.17) is 11.0 Å². The van der Waals surface area contributed by atoms with Crippen LogP contribution in [0.2, 0.25) is 0 Å². The highest BCUT2D eigenvalue weighted by Crippen LogP contribution is 2.28. The molecule has 0 bridgehead atoms.